The van der Waals surface area contributed by atoms with Crippen LogP contribution in [0.25, 0.3) is 0 Å². The highest BCUT2D eigenvalue weighted by Crippen LogP contribution is 2.20. The summed E-state index contributed by atoms with van der Waals surface area (Å²) < 4.78 is 19.1. The van der Waals surface area contributed by atoms with Gasteiger partial charge in [-0.05, 0) is 30.5 Å². The molecule has 27 heavy (non-hydrogen) atoms. The summed E-state index contributed by atoms with van der Waals surface area (Å²) in [7, 11) is 1.79. The number of piperazine rings is 1. The molecule has 2 aliphatic rings. The van der Waals surface area contributed by atoms with E-state index in [0.29, 0.717) is 32.8 Å². The fraction of sp³-hybridized carbons (Fsp3) is 0.579. The van der Waals surface area contributed by atoms with Crippen LogP contribution in [-0.2, 0) is 20.9 Å². The van der Waals surface area contributed by atoms with Crippen LogP contribution in [0.1, 0.15) is 24.8 Å². The number of benzene rings is 1. The summed E-state index contributed by atoms with van der Waals surface area (Å²) >= 11 is 5.74. The molecule has 2 fully saturated rings. The summed E-state index contributed by atoms with van der Waals surface area (Å²) in [5.74, 6) is -0.705. The normalized spacial score (nSPS) is 21.7. The molecule has 2 amide bonds. The van der Waals surface area contributed by atoms with E-state index in [4.69, 9.17) is 16.3 Å². The lowest BCUT2D eigenvalue weighted by Gasteiger charge is -2.37. The highest BCUT2D eigenvalue weighted by atomic mass is 35.5. The molecule has 0 unspecified atom stereocenters. The largest absolute Gasteiger partial charge is 0.381 e. The Bertz CT molecular complexity index is 697. The lowest BCUT2D eigenvalue weighted by molar-refractivity contribution is -0.140. The van der Waals surface area contributed by atoms with E-state index in [0.717, 1.165) is 18.4 Å². The van der Waals surface area contributed by atoms with Crippen LogP contribution in [0, 0.1) is 5.82 Å². The second-order valence-corrected chi connectivity index (χ2v) is 7.49. The fourth-order valence-corrected chi connectivity index (χ4v) is 3.75. The number of rotatable bonds is 5. The molecule has 148 valence electrons. The van der Waals surface area contributed by atoms with E-state index < -0.39 is 11.9 Å². The van der Waals surface area contributed by atoms with E-state index in [2.05, 4.69) is 5.32 Å². The Kier molecular flexibility index (Phi) is 6.68. The van der Waals surface area contributed by atoms with Crippen LogP contribution in [0.3, 0.4) is 0 Å². The average molecular weight is 398 g/mol. The first-order valence-corrected chi connectivity index (χ1v) is 9.62. The maximum absolute atomic E-state index is 13.7. The van der Waals surface area contributed by atoms with Gasteiger partial charge >= 0.3 is 0 Å². The molecule has 3 rings (SSSR count). The molecule has 0 radical (unpaired) electrons. The molecule has 1 aromatic rings. The van der Waals surface area contributed by atoms with Gasteiger partial charge in [0.1, 0.15) is 5.82 Å². The van der Waals surface area contributed by atoms with Crippen LogP contribution in [0.15, 0.2) is 18.2 Å². The summed E-state index contributed by atoms with van der Waals surface area (Å²) in [5.41, 5.74) is 0.724. The number of hydrogen-bond donors (Lipinski definition) is 1. The predicted molar refractivity (Wildman–Crippen MR) is 99.8 cm³/mol. The lowest BCUT2D eigenvalue weighted by atomic mass is 10.0. The molecule has 0 aromatic heterocycles. The smallest absolute Gasteiger partial charge is 0.237 e. The number of carbonyl (C=O) groups is 2. The Morgan fingerprint density at radius 1 is 1.41 bits per heavy atom. The van der Waals surface area contributed by atoms with Crippen molar-refractivity contribution in [2.24, 2.45) is 0 Å². The van der Waals surface area contributed by atoms with E-state index in [1.165, 1.54) is 12.1 Å². The lowest BCUT2D eigenvalue weighted by Crippen LogP contribution is -2.56. The highest BCUT2D eigenvalue weighted by molar-refractivity contribution is 6.30. The molecule has 2 saturated heterocycles. The van der Waals surface area contributed by atoms with Gasteiger partial charge in [-0.1, -0.05) is 17.7 Å². The number of hydrogen-bond acceptors (Lipinski definition) is 4. The minimum atomic E-state index is -0.563. The molecular weight excluding hydrogens is 373 g/mol. The molecule has 0 aliphatic carbocycles. The number of amides is 2. The van der Waals surface area contributed by atoms with Gasteiger partial charge in [0.2, 0.25) is 11.8 Å². The average Bonchev–Trinajstić information content (AvgIpc) is 2.67. The number of nitrogens with zero attached hydrogens (tertiary/aromatic N) is 2. The van der Waals surface area contributed by atoms with Crippen molar-refractivity contribution in [1.29, 1.82) is 0 Å². The highest BCUT2D eigenvalue weighted by Gasteiger charge is 2.34. The first kappa shape index (κ1) is 20.0. The Hall–Kier alpha value is -1.70. The van der Waals surface area contributed by atoms with Crippen LogP contribution in [0.5, 0.6) is 0 Å². The van der Waals surface area contributed by atoms with Crippen molar-refractivity contribution >= 4 is 23.4 Å². The number of nitrogens with one attached hydrogen (secondary N) is 1. The Morgan fingerprint density at radius 2 is 2.15 bits per heavy atom. The van der Waals surface area contributed by atoms with Crippen LogP contribution in [0.2, 0.25) is 5.02 Å². The third-order valence-electron chi connectivity index (χ3n) is 5.31. The van der Waals surface area contributed by atoms with Crippen molar-refractivity contribution in [3.63, 3.8) is 0 Å². The van der Waals surface area contributed by atoms with E-state index in [1.54, 1.807) is 18.0 Å². The van der Waals surface area contributed by atoms with Gasteiger partial charge in [0.05, 0.1) is 17.5 Å². The van der Waals surface area contributed by atoms with Crippen LogP contribution in [-0.4, -0.2) is 67.0 Å². The van der Waals surface area contributed by atoms with Crippen molar-refractivity contribution in [3.05, 3.63) is 34.6 Å². The third kappa shape index (κ3) is 4.97. The first-order valence-electron chi connectivity index (χ1n) is 9.25. The zero-order chi connectivity index (χ0) is 19.4. The van der Waals surface area contributed by atoms with Crippen LogP contribution in [0.4, 0.5) is 4.39 Å². The van der Waals surface area contributed by atoms with Gasteiger partial charge in [0.25, 0.3) is 0 Å². The molecule has 2 aliphatic heterocycles. The van der Waals surface area contributed by atoms with Crippen molar-refractivity contribution in [2.75, 3.05) is 33.4 Å². The van der Waals surface area contributed by atoms with Gasteiger partial charge in [-0.25, -0.2) is 4.39 Å². The minimum absolute atomic E-state index is 0.0590. The number of carbonyl (C=O) groups excluding carboxylic acids is 2. The maximum atomic E-state index is 13.7. The molecule has 1 N–H and O–H groups in total. The molecule has 8 heteroatoms. The molecule has 0 saturated carbocycles. The summed E-state index contributed by atoms with van der Waals surface area (Å²) in [5, 5.41) is 2.90. The predicted octanol–water partition coefficient (Wildman–Crippen LogP) is 1.81. The molecule has 0 bridgehead atoms. The second kappa shape index (κ2) is 8.99. The van der Waals surface area contributed by atoms with Crippen molar-refractivity contribution in [2.45, 2.75) is 37.9 Å². The van der Waals surface area contributed by atoms with Gasteiger partial charge < -0.3 is 15.0 Å². The summed E-state index contributed by atoms with van der Waals surface area (Å²) in [6.45, 7) is 2.81. The fourth-order valence-electron chi connectivity index (χ4n) is 3.63. The zero-order valence-electron chi connectivity index (χ0n) is 15.4. The SMILES string of the molecule is CN(C(=O)C[C@H]1C(=O)NCCN1Cc1ccc(Cl)c(F)c1)C1CCOCC1. The van der Waals surface area contributed by atoms with E-state index in [1.807, 2.05) is 4.90 Å². The van der Waals surface area contributed by atoms with E-state index >= 15 is 0 Å². The van der Waals surface area contributed by atoms with Gasteiger partial charge in [0.15, 0.2) is 0 Å². The van der Waals surface area contributed by atoms with Crippen molar-refractivity contribution in [3.8, 4) is 0 Å². The van der Waals surface area contributed by atoms with Crippen LogP contribution < -0.4 is 5.32 Å². The van der Waals surface area contributed by atoms with Crippen LogP contribution >= 0.6 is 11.6 Å². The Morgan fingerprint density at radius 3 is 2.85 bits per heavy atom. The number of ether oxygens (including phenoxy) is 1. The Labute approximate surface area is 163 Å². The van der Waals surface area contributed by atoms with Crippen molar-refractivity contribution in [1.82, 2.24) is 15.1 Å². The maximum Gasteiger partial charge on any atom is 0.237 e. The minimum Gasteiger partial charge on any atom is -0.381 e. The quantitative estimate of drug-likeness (QED) is 0.823. The van der Waals surface area contributed by atoms with E-state index in [9.17, 15) is 14.0 Å². The van der Waals surface area contributed by atoms with E-state index in [-0.39, 0.29) is 29.3 Å². The molecular formula is C19H25ClFN3O3. The first-order chi connectivity index (χ1) is 13.0. The topological polar surface area (TPSA) is 61.9 Å². The van der Waals surface area contributed by atoms with Gasteiger partial charge in [0, 0.05) is 45.9 Å². The molecule has 2 heterocycles. The number of halogens is 2. The molecule has 1 atom stereocenters. The Balaban J connectivity index is 1.67. The summed E-state index contributed by atoms with van der Waals surface area (Å²) in [6.07, 6.45) is 1.73. The van der Waals surface area contributed by atoms with Gasteiger partial charge in [-0.15, -0.1) is 0 Å². The summed E-state index contributed by atoms with van der Waals surface area (Å²) in [6, 6.07) is 4.21. The van der Waals surface area contributed by atoms with Gasteiger partial charge in [-0.3, -0.25) is 14.5 Å². The molecule has 6 nitrogen and oxygen atoms in total. The second-order valence-electron chi connectivity index (χ2n) is 7.08. The zero-order valence-corrected chi connectivity index (χ0v) is 16.2. The van der Waals surface area contributed by atoms with Gasteiger partial charge in [-0.2, -0.15) is 0 Å². The molecule has 1 aromatic carbocycles. The van der Waals surface area contributed by atoms with Crippen molar-refractivity contribution < 1.29 is 18.7 Å². The molecule has 0 spiro atoms. The third-order valence-corrected chi connectivity index (χ3v) is 5.62. The standard InChI is InChI=1S/C19H25ClFN3O3/c1-23(14-4-8-27-9-5-14)18(25)11-17-19(26)22-6-7-24(17)12-13-2-3-15(20)16(21)10-13/h2-3,10,14,17H,4-9,11-12H2,1H3,(H,22,26)/t17-/m0/s1. The monoisotopic (exact) mass is 397 g/mol. The summed E-state index contributed by atoms with van der Waals surface area (Å²) in [4.78, 5) is 28.8.